The molecule has 4 nitrogen and oxygen atoms in total. The van der Waals surface area contributed by atoms with Gasteiger partial charge in [-0.25, -0.2) is 0 Å². The van der Waals surface area contributed by atoms with Crippen molar-refractivity contribution in [3.05, 3.63) is 65.9 Å². The molecule has 0 spiro atoms. The normalized spacial score (nSPS) is 15.0. The molecule has 3 aromatic rings. The van der Waals surface area contributed by atoms with E-state index in [4.69, 9.17) is 4.74 Å². The van der Waals surface area contributed by atoms with Crippen LogP contribution in [-0.4, -0.2) is 18.0 Å². The summed E-state index contributed by atoms with van der Waals surface area (Å²) in [6.45, 7) is 0. The van der Waals surface area contributed by atoms with Crippen LogP contribution >= 0.6 is 0 Å². The first-order chi connectivity index (χ1) is 12.7. The summed E-state index contributed by atoms with van der Waals surface area (Å²) in [5.41, 5.74) is 3.48. The van der Waals surface area contributed by atoms with Gasteiger partial charge in [-0.15, -0.1) is 0 Å². The molecule has 134 valence electrons. The summed E-state index contributed by atoms with van der Waals surface area (Å²) in [4.78, 5) is 15.8. The summed E-state index contributed by atoms with van der Waals surface area (Å²) < 4.78 is 5.23. The van der Waals surface area contributed by atoms with Crippen molar-refractivity contribution in [3.8, 4) is 5.75 Å². The van der Waals surface area contributed by atoms with Crippen molar-refractivity contribution in [2.75, 3.05) is 7.11 Å². The number of carbonyl (C=O) groups excluding carboxylic acids is 1. The summed E-state index contributed by atoms with van der Waals surface area (Å²) in [5, 5.41) is 4.46. The van der Waals surface area contributed by atoms with E-state index in [1.807, 2.05) is 30.5 Å². The summed E-state index contributed by atoms with van der Waals surface area (Å²) in [5.74, 6) is 1.51. The molecule has 0 radical (unpaired) electrons. The summed E-state index contributed by atoms with van der Waals surface area (Å²) >= 11 is 0. The lowest BCUT2D eigenvalue weighted by Gasteiger charge is -2.19. The van der Waals surface area contributed by atoms with Gasteiger partial charge in [-0.05, 0) is 54.5 Å². The van der Waals surface area contributed by atoms with Gasteiger partial charge in [0.05, 0.1) is 13.2 Å². The topological polar surface area (TPSA) is 54.1 Å². The lowest BCUT2D eigenvalue weighted by Crippen LogP contribution is -2.30. The molecular formula is C22H24N2O2. The number of amides is 1. The third-order valence-corrected chi connectivity index (χ3v) is 5.18. The molecule has 1 fully saturated rings. The van der Waals surface area contributed by atoms with Crippen molar-refractivity contribution in [1.82, 2.24) is 10.3 Å². The largest absolute Gasteiger partial charge is 0.497 e. The van der Waals surface area contributed by atoms with E-state index in [1.165, 1.54) is 23.8 Å². The molecule has 0 saturated heterocycles. The van der Waals surface area contributed by atoms with E-state index in [-0.39, 0.29) is 11.9 Å². The number of nitrogens with one attached hydrogen (secondary N) is 2. The fourth-order valence-corrected chi connectivity index (χ4v) is 3.55. The van der Waals surface area contributed by atoms with E-state index in [9.17, 15) is 4.79 Å². The fourth-order valence-electron chi connectivity index (χ4n) is 3.55. The molecule has 26 heavy (non-hydrogen) atoms. The van der Waals surface area contributed by atoms with E-state index in [0.29, 0.717) is 12.3 Å². The number of rotatable bonds is 7. The van der Waals surface area contributed by atoms with Crippen molar-refractivity contribution in [2.24, 2.45) is 5.92 Å². The first-order valence-electron chi connectivity index (χ1n) is 9.23. The zero-order valence-electron chi connectivity index (χ0n) is 15.0. The van der Waals surface area contributed by atoms with Gasteiger partial charge in [0.25, 0.3) is 0 Å². The number of aryl methyl sites for hydroxylation is 1. The van der Waals surface area contributed by atoms with Crippen LogP contribution in [0, 0.1) is 5.92 Å². The molecule has 2 aromatic carbocycles. The molecule has 1 atom stereocenters. The van der Waals surface area contributed by atoms with Crippen LogP contribution in [-0.2, 0) is 11.2 Å². The SMILES string of the molecule is COc1ccc(C(NC(=O)CCc2c[nH]c3ccccc23)C2CC2)cc1. The van der Waals surface area contributed by atoms with Gasteiger partial charge >= 0.3 is 0 Å². The van der Waals surface area contributed by atoms with Crippen molar-refractivity contribution < 1.29 is 9.53 Å². The molecule has 1 saturated carbocycles. The minimum absolute atomic E-state index is 0.108. The average molecular weight is 348 g/mol. The quantitative estimate of drug-likeness (QED) is 0.666. The molecule has 1 unspecified atom stereocenters. The standard InChI is InChI=1S/C22H24N2O2/c1-26-18-11-8-16(9-12-18)22(15-6-7-15)24-21(25)13-10-17-14-23-20-5-3-2-4-19(17)20/h2-5,8-9,11-12,14-15,22-23H,6-7,10,13H2,1H3,(H,24,25). The van der Waals surface area contributed by atoms with Gasteiger partial charge in [-0.1, -0.05) is 30.3 Å². The maximum absolute atomic E-state index is 12.6. The lowest BCUT2D eigenvalue weighted by molar-refractivity contribution is -0.122. The van der Waals surface area contributed by atoms with Gasteiger partial charge in [-0.3, -0.25) is 4.79 Å². The maximum Gasteiger partial charge on any atom is 0.220 e. The molecule has 1 aromatic heterocycles. The Labute approximate surface area is 153 Å². The van der Waals surface area contributed by atoms with Crippen LogP contribution in [0.5, 0.6) is 5.75 Å². The predicted molar refractivity (Wildman–Crippen MR) is 103 cm³/mol. The van der Waals surface area contributed by atoms with E-state index < -0.39 is 0 Å². The van der Waals surface area contributed by atoms with E-state index in [1.54, 1.807) is 7.11 Å². The number of hydrogen-bond donors (Lipinski definition) is 2. The van der Waals surface area contributed by atoms with Crippen molar-refractivity contribution in [1.29, 1.82) is 0 Å². The Morgan fingerprint density at radius 1 is 1.19 bits per heavy atom. The Balaban J connectivity index is 1.40. The minimum atomic E-state index is 0.108. The number of fused-ring (bicyclic) bond motifs is 1. The molecule has 1 heterocycles. The highest BCUT2D eigenvalue weighted by atomic mass is 16.5. The fraction of sp³-hybridized carbons (Fsp3) is 0.318. The van der Waals surface area contributed by atoms with Crippen LogP contribution in [0.25, 0.3) is 10.9 Å². The molecule has 1 amide bonds. The molecule has 4 heteroatoms. The van der Waals surface area contributed by atoms with Crippen LogP contribution in [0.1, 0.15) is 36.4 Å². The molecule has 0 bridgehead atoms. The number of para-hydroxylation sites is 1. The van der Waals surface area contributed by atoms with Gasteiger partial charge in [0.1, 0.15) is 5.75 Å². The second-order valence-electron chi connectivity index (χ2n) is 7.02. The number of methoxy groups -OCH3 is 1. The van der Waals surface area contributed by atoms with E-state index >= 15 is 0 Å². The lowest BCUT2D eigenvalue weighted by atomic mass is 10.0. The third-order valence-electron chi connectivity index (χ3n) is 5.18. The van der Waals surface area contributed by atoms with Crippen molar-refractivity contribution in [3.63, 3.8) is 0 Å². The number of hydrogen-bond acceptors (Lipinski definition) is 2. The Kier molecular flexibility index (Phi) is 4.65. The summed E-state index contributed by atoms with van der Waals surface area (Å²) in [6, 6.07) is 16.4. The predicted octanol–water partition coefficient (Wildman–Crippen LogP) is 4.38. The van der Waals surface area contributed by atoms with Gasteiger partial charge in [0, 0.05) is 23.5 Å². The summed E-state index contributed by atoms with van der Waals surface area (Å²) in [7, 11) is 1.67. The Morgan fingerprint density at radius 3 is 2.69 bits per heavy atom. The Morgan fingerprint density at radius 2 is 1.96 bits per heavy atom. The number of ether oxygens (including phenoxy) is 1. The van der Waals surface area contributed by atoms with Gasteiger partial charge in [-0.2, -0.15) is 0 Å². The number of carbonyl (C=O) groups is 1. The van der Waals surface area contributed by atoms with Gasteiger partial charge in [0.2, 0.25) is 5.91 Å². The second-order valence-corrected chi connectivity index (χ2v) is 7.02. The third kappa shape index (κ3) is 3.59. The highest BCUT2D eigenvalue weighted by Gasteiger charge is 2.33. The monoisotopic (exact) mass is 348 g/mol. The van der Waals surface area contributed by atoms with Crippen LogP contribution in [0.4, 0.5) is 0 Å². The van der Waals surface area contributed by atoms with Crippen molar-refractivity contribution in [2.45, 2.75) is 31.7 Å². The average Bonchev–Trinajstić information content (AvgIpc) is 3.44. The van der Waals surface area contributed by atoms with E-state index in [0.717, 1.165) is 23.3 Å². The molecule has 4 rings (SSSR count). The molecule has 2 N–H and O–H groups in total. The second kappa shape index (κ2) is 7.24. The first kappa shape index (κ1) is 16.7. The highest BCUT2D eigenvalue weighted by molar-refractivity contribution is 5.84. The van der Waals surface area contributed by atoms with Crippen LogP contribution in [0.3, 0.4) is 0 Å². The smallest absolute Gasteiger partial charge is 0.220 e. The molecule has 1 aliphatic rings. The molecule has 1 aliphatic carbocycles. The van der Waals surface area contributed by atoms with Crippen molar-refractivity contribution >= 4 is 16.8 Å². The number of aromatic amines is 1. The zero-order chi connectivity index (χ0) is 17.9. The minimum Gasteiger partial charge on any atom is -0.497 e. The Bertz CT molecular complexity index is 894. The number of aromatic nitrogens is 1. The van der Waals surface area contributed by atoms with Crippen LogP contribution in [0.2, 0.25) is 0 Å². The summed E-state index contributed by atoms with van der Waals surface area (Å²) in [6.07, 6.45) is 5.62. The van der Waals surface area contributed by atoms with Gasteiger partial charge < -0.3 is 15.0 Å². The Hall–Kier alpha value is -2.75. The van der Waals surface area contributed by atoms with E-state index in [2.05, 4.69) is 34.6 Å². The van der Waals surface area contributed by atoms with Crippen LogP contribution in [0.15, 0.2) is 54.7 Å². The molecular weight excluding hydrogens is 324 g/mol. The number of H-pyrrole nitrogens is 1. The maximum atomic E-state index is 12.6. The number of benzene rings is 2. The van der Waals surface area contributed by atoms with Gasteiger partial charge in [0.15, 0.2) is 0 Å². The molecule has 0 aliphatic heterocycles. The highest BCUT2D eigenvalue weighted by Crippen LogP contribution is 2.41. The zero-order valence-corrected chi connectivity index (χ0v) is 15.0. The van der Waals surface area contributed by atoms with Crippen LogP contribution < -0.4 is 10.1 Å². The first-order valence-corrected chi connectivity index (χ1v) is 9.23.